The molecule has 0 radical (unpaired) electrons. The number of esters is 2. The van der Waals surface area contributed by atoms with Crippen LogP contribution in [0.15, 0.2) is 0 Å². The molecule has 25 heavy (non-hydrogen) atoms. The van der Waals surface area contributed by atoms with Gasteiger partial charge in [0.25, 0.3) is 0 Å². The Labute approximate surface area is 150 Å². The Hall–Kier alpha value is -1.14. The number of hydrogen-bond acceptors (Lipinski definition) is 6. The number of aliphatic hydroxyl groups is 1. The zero-order valence-corrected chi connectivity index (χ0v) is 15.6. The van der Waals surface area contributed by atoms with Crippen molar-refractivity contribution in [1.29, 1.82) is 0 Å². The van der Waals surface area contributed by atoms with Crippen LogP contribution in [0.4, 0.5) is 0 Å². The van der Waals surface area contributed by atoms with E-state index < -0.39 is 6.10 Å². The molecule has 6 atom stereocenters. The van der Waals surface area contributed by atoms with Crippen LogP contribution in [-0.2, 0) is 23.8 Å². The summed E-state index contributed by atoms with van der Waals surface area (Å²) in [5.41, 5.74) is 0. The minimum absolute atomic E-state index is 0.0463. The molecule has 0 aromatic carbocycles. The second-order valence-electron chi connectivity index (χ2n) is 7.60. The average molecular weight is 356 g/mol. The molecule has 1 aliphatic carbocycles. The Bertz CT molecular complexity index is 451. The van der Waals surface area contributed by atoms with Gasteiger partial charge in [0.15, 0.2) is 0 Å². The minimum Gasteiger partial charge on any atom is -0.465 e. The summed E-state index contributed by atoms with van der Waals surface area (Å²) in [5.74, 6) is -0.825. The van der Waals surface area contributed by atoms with Gasteiger partial charge < -0.3 is 19.3 Å². The fourth-order valence-electron chi connectivity index (χ4n) is 3.30. The third kappa shape index (κ3) is 6.59. The number of aliphatic hydroxyl groups excluding tert-OH is 1. The Balaban J connectivity index is 1.63. The summed E-state index contributed by atoms with van der Waals surface area (Å²) in [6.45, 7) is 6.35. The van der Waals surface area contributed by atoms with E-state index in [1.165, 1.54) is 0 Å². The van der Waals surface area contributed by atoms with E-state index in [4.69, 9.17) is 14.2 Å². The largest absolute Gasteiger partial charge is 0.465 e. The first kappa shape index (κ1) is 20.2. The van der Waals surface area contributed by atoms with Gasteiger partial charge in [-0.15, -0.1) is 0 Å². The predicted octanol–water partition coefficient (Wildman–Crippen LogP) is 2.46. The van der Waals surface area contributed by atoms with Crippen LogP contribution in [0.5, 0.6) is 0 Å². The first-order chi connectivity index (χ1) is 11.9. The van der Waals surface area contributed by atoms with Crippen LogP contribution in [0.25, 0.3) is 0 Å². The van der Waals surface area contributed by atoms with Crippen molar-refractivity contribution in [3.63, 3.8) is 0 Å². The van der Waals surface area contributed by atoms with Gasteiger partial charge in [0.2, 0.25) is 0 Å². The van der Waals surface area contributed by atoms with Crippen LogP contribution in [0.3, 0.4) is 0 Å². The third-order valence-corrected chi connectivity index (χ3v) is 5.18. The van der Waals surface area contributed by atoms with E-state index in [-0.39, 0.29) is 55.1 Å². The maximum Gasteiger partial charge on any atom is 0.309 e. The second kappa shape index (κ2) is 9.53. The lowest BCUT2D eigenvalue weighted by Gasteiger charge is -2.24. The molecular formula is C19H32O6. The van der Waals surface area contributed by atoms with Gasteiger partial charge in [-0.2, -0.15) is 0 Å². The number of carbonyl (C=O) groups excluding carboxylic acids is 2. The molecule has 1 aliphatic heterocycles. The summed E-state index contributed by atoms with van der Waals surface area (Å²) in [6, 6.07) is 0. The van der Waals surface area contributed by atoms with Crippen LogP contribution in [-0.4, -0.2) is 48.6 Å². The topological polar surface area (TPSA) is 85.4 Å². The molecule has 0 aromatic rings. The highest BCUT2D eigenvalue weighted by atomic mass is 16.6. The van der Waals surface area contributed by atoms with Crippen molar-refractivity contribution >= 4 is 11.9 Å². The van der Waals surface area contributed by atoms with Crippen molar-refractivity contribution in [3.05, 3.63) is 0 Å². The third-order valence-electron chi connectivity index (χ3n) is 5.18. The lowest BCUT2D eigenvalue weighted by molar-refractivity contribution is -0.155. The number of epoxide rings is 1. The van der Waals surface area contributed by atoms with Crippen molar-refractivity contribution in [3.8, 4) is 0 Å². The zero-order chi connectivity index (χ0) is 18.4. The van der Waals surface area contributed by atoms with E-state index in [9.17, 15) is 14.7 Å². The van der Waals surface area contributed by atoms with Gasteiger partial charge in [-0.3, -0.25) is 9.59 Å². The summed E-state index contributed by atoms with van der Waals surface area (Å²) in [7, 11) is 0. The molecule has 2 rings (SSSR count). The van der Waals surface area contributed by atoms with Gasteiger partial charge in [-0.1, -0.05) is 20.3 Å². The van der Waals surface area contributed by atoms with Gasteiger partial charge in [0.1, 0.15) is 0 Å². The fourth-order valence-corrected chi connectivity index (χ4v) is 3.30. The number of rotatable bonds is 9. The smallest absolute Gasteiger partial charge is 0.309 e. The predicted molar refractivity (Wildman–Crippen MR) is 91.8 cm³/mol. The van der Waals surface area contributed by atoms with Crippen molar-refractivity contribution in [2.24, 2.45) is 17.8 Å². The lowest BCUT2D eigenvalue weighted by atomic mass is 9.87. The molecule has 0 amide bonds. The highest BCUT2D eigenvalue weighted by Gasteiger charge is 2.38. The molecule has 2 aliphatic rings. The van der Waals surface area contributed by atoms with Crippen LogP contribution in [0.2, 0.25) is 0 Å². The van der Waals surface area contributed by atoms with E-state index in [1.54, 1.807) is 0 Å². The normalized spacial score (nSPS) is 31.0. The van der Waals surface area contributed by atoms with Gasteiger partial charge in [-0.05, 0) is 39.0 Å². The van der Waals surface area contributed by atoms with Crippen molar-refractivity contribution in [2.45, 2.75) is 77.6 Å². The zero-order valence-electron chi connectivity index (χ0n) is 15.6. The summed E-state index contributed by atoms with van der Waals surface area (Å²) < 4.78 is 16.1. The first-order valence-corrected chi connectivity index (χ1v) is 9.57. The Morgan fingerprint density at radius 2 is 1.92 bits per heavy atom. The van der Waals surface area contributed by atoms with Gasteiger partial charge in [0, 0.05) is 5.92 Å². The molecular weight excluding hydrogens is 324 g/mol. The summed E-state index contributed by atoms with van der Waals surface area (Å²) in [5, 5.41) is 9.64. The molecule has 1 saturated heterocycles. The maximum absolute atomic E-state index is 12.2. The average Bonchev–Trinajstić information content (AvgIpc) is 3.30. The summed E-state index contributed by atoms with van der Waals surface area (Å²) in [6.07, 6.45) is 4.37. The van der Waals surface area contributed by atoms with Crippen molar-refractivity contribution in [1.82, 2.24) is 0 Å². The monoisotopic (exact) mass is 356 g/mol. The number of ether oxygens (including phenoxy) is 3. The van der Waals surface area contributed by atoms with Crippen LogP contribution in [0, 0.1) is 17.8 Å². The molecule has 1 N–H and O–H groups in total. The highest BCUT2D eigenvalue weighted by molar-refractivity contribution is 5.73. The summed E-state index contributed by atoms with van der Waals surface area (Å²) >= 11 is 0. The molecule has 0 spiro atoms. The standard InChI is InChI=1S/C19H32O6/c1-4-14(9-17-13(3)25-17)18(21)23-10-12(2)11-24-19(22)15-6-5-7-16(20)8-15/h12-17,20H,4-11H2,1-3H3. The van der Waals surface area contributed by atoms with Crippen LogP contribution < -0.4 is 0 Å². The van der Waals surface area contributed by atoms with Gasteiger partial charge >= 0.3 is 11.9 Å². The molecule has 0 aromatic heterocycles. The van der Waals surface area contributed by atoms with Gasteiger partial charge in [-0.25, -0.2) is 0 Å². The first-order valence-electron chi connectivity index (χ1n) is 9.57. The van der Waals surface area contributed by atoms with Crippen molar-refractivity contribution < 1.29 is 28.9 Å². The molecule has 6 unspecified atom stereocenters. The van der Waals surface area contributed by atoms with E-state index in [0.29, 0.717) is 12.8 Å². The minimum atomic E-state index is -0.395. The molecule has 1 heterocycles. The molecule has 6 nitrogen and oxygen atoms in total. The molecule has 6 heteroatoms. The van der Waals surface area contributed by atoms with Gasteiger partial charge in [0.05, 0.1) is 43.4 Å². The Morgan fingerprint density at radius 3 is 2.52 bits per heavy atom. The molecule has 2 fully saturated rings. The Kier molecular flexibility index (Phi) is 7.69. The van der Waals surface area contributed by atoms with E-state index in [0.717, 1.165) is 25.7 Å². The Morgan fingerprint density at radius 1 is 1.24 bits per heavy atom. The van der Waals surface area contributed by atoms with Crippen LogP contribution in [0.1, 0.15) is 59.3 Å². The summed E-state index contributed by atoms with van der Waals surface area (Å²) in [4.78, 5) is 24.2. The lowest BCUT2D eigenvalue weighted by Crippen LogP contribution is -2.29. The molecule has 144 valence electrons. The molecule has 0 bridgehead atoms. The van der Waals surface area contributed by atoms with Crippen LogP contribution >= 0.6 is 0 Å². The highest BCUT2D eigenvalue weighted by Crippen LogP contribution is 2.29. The SMILES string of the molecule is CCC(CC1OC1C)C(=O)OCC(C)COC(=O)C1CCCC(O)C1. The quantitative estimate of drug-likeness (QED) is 0.504. The van der Waals surface area contributed by atoms with Crippen molar-refractivity contribution in [2.75, 3.05) is 13.2 Å². The number of carbonyl (C=O) groups is 2. The van der Waals surface area contributed by atoms with E-state index in [1.807, 2.05) is 20.8 Å². The van der Waals surface area contributed by atoms with E-state index in [2.05, 4.69) is 0 Å². The number of hydrogen-bond donors (Lipinski definition) is 1. The second-order valence-corrected chi connectivity index (χ2v) is 7.60. The van der Waals surface area contributed by atoms with E-state index >= 15 is 0 Å². The maximum atomic E-state index is 12.2. The molecule has 1 saturated carbocycles. The fraction of sp³-hybridized carbons (Fsp3) is 0.895.